The lowest BCUT2D eigenvalue weighted by Gasteiger charge is -2.20. The van der Waals surface area contributed by atoms with E-state index in [2.05, 4.69) is 0 Å². The van der Waals surface area contributed by atoms with Crippen LogP contribution in [-0.2, 0) is 14.8 Å². The second kappa shape index (κ2) is 6.27. The fourth-order valence-electron chi connectivity index (χ4n) is 1.55. The summed E-state index contributed by atoms with van der Waals surface area (Å²) in [5, 5.41) is 0. The molecule has 0 heterocycles. The average molecular weight is 294 g/mol. The summed E-state index contributed by atoms with van der Waals surface area (Å²) in [5.74, 6) is -2.72. The van der Waals surface area contributed by atoms with Crippen LogP contribution in [0.4, 0.5) is 14.5 Å². The summed E-state index contributed by atoms with van der Waals surface area (Å²) in [6.45, 7) is 1.90. The first-order chi connectivity index (χ1) is 8.84. The number of halogens is 2. The number of nitrogen functional groups attached to an aromatic ring is 1. The van der Waals surface area contributed by atoms with Crippen molar-refractivity contribution in [1.29, 1.82) is 0 Å². The van der Waals surface area contributed by atoms with E-state index in [9.17, 15) is 17.2 Å². The Balaban J connectivity index is 3.25. The van der Waals surface area contributed by atoms with Crippen molar-refractivity contribution in [2.75, 3.05) is 32.5 Å². The van der Waals surface area contributed by atoms with E-state index in [0.717, 1.165) is 16.4 Å². The predicted octanol–water partition coefficient (Wildman–Crippen LogP) is 1.20. The van der Waals surface area contributed by atoms with Crippen LogP contribution in [0.25, 0.3) is 0 Å². The molecule has 1 aromatic carbocycles. The van der Waals surface area contributed by atoms with Crippen molar-refractivity contribution in [3.8, 4) is 0 Å². The highest BCUT2D eigenvalue weighted by atomic mass is 32.2. The van der Waals surface area contributed by atoms with Crippen LogP contribution >= 0.6 is 0 Å². The fraction of sp³-hybridized carbons (Fsp3) is 0.455. The molecule has 0 fully saturated rings. The van der Waals surface area contributed by atoms with Crippen molar-refractivity contribution in [3.63, 3.8) is 0 Å². The van der Waals surface area contributed by atoms with Crippen LogP contribution < -0.4 is 5.73 Å². The van der Waals surface area contributed by atoms with Gasteiger partial charge in [-0.1, -0.05) is 6.92 Å². The highest BCUT2D eigenvalue weighted by molar-refractivity contribution is 7.89. The third-order valence-electron chi connectivity index (χ3n) is 2.53. The molecular weight excluding hydrogens is 278 g/mol. The van der Waals surface area contributed by atoms with Gasteiger partial charge >= 0.3 is 0 Å². The van der Waals surface area contributed by atoms with Gasteiger partial charge in [0.1, 0.15) is 4.90 Å². The lowest BCUT2D eigenvalue weighted by atomic mass is 10.3. The summed E-state index contributed by atoms with van der Waals surface area (Å²) in [7, 11) is -2.72. The van der Waals surface area contributed by atoms with E-state index in [0.29, 0.717) is 0 Å². The van der Waals surface area contributed by atoms with Gasteiger partial charge in [0.05, 0.1) is 6.61 Å². The van der Waals surface area contributed by atoms with Gasteiger partial charge in [-0.2, -0.15) is 4.31 Å². The number of sulfonamides is 1. The van der Waals surface area contributed by atoms with Gasteiger partial charge < -0.3 is 10.5 Å². The van der Waals surface area contributed by atoms with Gasteiger partial charge in [-0.15, -0.1) is 0 Å². The van der Waals surface area contributed by atoms with E-state index in [1.54, 1.807) is 6.92 Å². The van der Waals surface area contributed by atoms with E-state index in [1.807, 2.05) is 0 Å². The number of ether oxygens (including phenoxy) is 1. The number of methoxy groups -OCH3 is 1. The number of anilines is 1. The van der Waals surface area contributed by atoms with Crippen molar-refractivity contribution in [1.82, 2.24) is 4.31 Å². The molecule has 19 heavy (non-hydrogen) atoms. The third-order valence-corrected chi connectivity index (χ3v) is 4.51. The molecule has 1 rings (SSSR count). The highest BCUT2D eigenvalue weighted by Gasteiger charge is 2.28. The Morgan fingerprint density at radius 1 is 1.37 bits per heavy atom. The van der Waals surface area contributed by atoms with Gasteiger partial charge in [-0.3, -0.25) is 0 Å². The summed E-state index contributed by atoms with van der Waals surface area (Å²) in [4.78, 5) is -0.761. The minimum atomic E-state index is -4.14. The van der Waals surface area contributed by atoms with Crippen LogP contribution in [0.15, 0.2) is 17.0 Å². The molecule has 8 heteroatoms. The first-order valence-corrected chi connectivity index (χ1v) is 7.02. The van der Waals surface area contributed by atoms with Crippen molar-refractivity contribution in [3.05, 3.63) is 23.8 Å². The topological polar surface area (TPSA) is 72.6 Å². The SMILES string of the molecule is CCN(CCOC)S(=O)(=O)c1cc(N)cc(F)c1F. The molecule has 0 aliphatic carbocycles. The van der Waals surface area contributed by atoms with Crippen molar-refractivity contribution in [2.24, 2.45) is 0 Å². The first kappa shape index (κ1) is 15.8. The van der Waals surface area contributed by atoms with E-state index >= 15 is 0 Å². The van der Waals surface area contributed by atoms with Gasteiger partial charge in [0.2, 0.25) is 10.0 Å². The molecule has 0 aromatic heterocycles. The molecule has 108 valence electrons. The Morgan fingerprint density at radius 2 is 2.00 bits per heavy atom. The van der Waals surface area contributed by atoms with Crippen molar-refractivity contribution in [2.45, 2.75) is 11.8 Å². The van der Waals surface area contributed by atoms with Crippen LogP contribution in [0.5, 0.6) is 0 Å². The lowest BCUT2D eigenvalue weighted by Crippen LogP contribution is -2.34. The van der Waals surface area contributed by atoms with Crippen molar-refractivity contribution < 1.29 is 21.9 Å². The van der Waals surface area contributed by atoms with Gasteiger partial charge in [-0.25, -0.2) is 17.2 Å². The van der Waals surface area contributed by atoms with E-state index in [4.69, 9.17) is 10.5 Å². The maximum absolute atomic E-state index is 13.6. The van der Waals surface area contributed by atoms with Gasteiger partial charge in [0, 0.05) is 25.9 Å². The standard InChI is InChI=1S/C11H16F2N2O3S/c1-3-15(4-5-18-2)19(16,17)10-7-8(14)6-9(12)11(10)13/h6-7H,3-5,14H2,1-2H3. The molecule has 0 atom stereocenters. The second-order valence-electron chi connectivity index (χ2n) is 3.80. The number of rotatable bonds is 6. The fourth-order valence-corrected chi connectivity index (χ4v) is 3.09. The largest absolute Gasteiger partial charge is 0.399 e. The van der Waals surface area contributed by atoms with Gasteiger partial charge in [-0.05, 0) is 12.1 Å². The molecule has 0 bridgehead atoms. The number of likely N-dealkylation sites (N-methyl/N-ethyl adjacent to an activating group) is 1. The Hall–Kier alpha value is -1.25. The number of nitrogens with zero attached hydrogens (tertiary/aromatic N) is 1. The minimum Gasteiger partial charge on any atom is -0.399 e. The summed E-state index contributed by atoms with van der Waals surface area (Å²) >= 11 is 0. The normalized spacial score (nSPS) is 12.1. The highest BCUT2D eigenvalue weighted by Crippen LogP contribution is 2.24. The zero-order valence-electron chi connectivity index (χ0n) is 10.7. The lowest BCUT2D eigenvalue weighted by molar-refractivity contribution is 0.180. The molecule has 0 amide bonds. The predicted molar refractivity (Wildman–Crippen MR) is 67.1 cm³/mol. The summed E-state index contributed by atoms with van der Waals surface area (Å²) < 4.78 is 57.0. The maximum atomic E-state index is 13.6. The van der Waals surface area contributed by atoms with Crippen LogP contribution in [-0.4, -0.2) is 39.5 Å². The number of nitrogens with two attached hydrogens (primary N) is 1. The Kier molecular flexibility index (Phi) is 5.21. The second-order valence-corrected chi connectivity index (χ2v) is 5.71. The molecule has 0 saturated heterocycles. The van der Waals surface area contributed by atoms with Gasteiger partial charge in [0.15, 0.2) is 11.6 Å². The third kappa shape index (κ3) is 3.40. The van der Waals surface area contributed by atoms with Gasteiger partial charge in [0.25, 0.3) is 0 Å². The Morgan fingerprint density at radius 3 is 2.53 bits per heavy atom. The summed E-state index contributed by atoms with van der Waals surface area (Å²) in [6, 6.07) is 1.64. The molecule has 0 aliphatic rings. The molecule has 0 saturated carbocycles. The quantitative estimate of drug-likeness (QED) is 0.800. The van der Waals surface area contributed by atoms with Crippen molar-refractivity contribution >= 4 is 15.7 Å². The molecule has 0 unspecified atom stereocenters. The smallest absolute Gasteiger partial charge is 0.246 e. The molecule has 0 spiro atoms. The molecule has 2 N–H and O–H groups in total. The zero-order valence-corrected chi connectivity index (χ0v) is 11.5. The maximum Gasteiger partial charge on any atom is 0.246 e. The summed E-state index contributed by atoms with van der Waals surface area (Å²) in [5.41, 5.74) is 5.20. The monoisotopic (exact) mass is 294 g/mol. The molecular formula is C11H16F2N2O3S. The van der Waals surface area contributed by atoms with Crippen LogP contribution in [0, 0.1) is 11.6 Å². The molecule has 0 aliphatic heterocycles. The number of hydrogen-bond donors (Lipinski definition) is 1. The van der Waals surface area contributed by atoms with E-state index in [-0.39, 0.29) is 25.4 Å². The first-order valence-electron chi connectivity index (χ1n) is 5.58. The number of hydrogen-bond acceptors (Lipinski definition) is 4. The zero-order chi connectivity index (χ0) is 14.6. The van der Waals surface area contributed by atoms with E-state index in [1.165, 1.54) is 7.11 Å². The minimum absolute atomic E-state index is 0.0468. The Labute approximate surface area is 111 Å². The van der Waals surface area contributed by atoms with Crippen LogP contribution in [0.1, 0.15) is 6.92 Å². The summed E-state index contributed by atoms with van der Waals surface area (Å²) in [6.07, 6.45) is 0. The number of benzene rings is 1. The van der Waals surface area contributed by atoms with E-state index < -0.39 is 26.6 Å². The average Bonchev–Trinajstić information content (AvgIpc) is 2.34. The molecule has 0 radical (unpaired) electrons. The van der Waals surface area contributed by atoms with Crippen LogP contribution in [0.2, 0.25) is 0 Å². The molecule has 1 aromatic rings. The van der Waals surface area contributed by atoms with Crippen LogP contribution in [0.3, 0.4) is 0 Å². The molecule has 5 nitrogen and oxygen atoms in total. The Bertz CT molecular complexity index is 549.